The lowest BCUT2D eigenvalue weighted by atomic mass is 9.81. The minimum absolute atomic E-state index is 0.144. The van der Waals surface area contributed by atoms with Crippen LogP contribution < -0.4 is 5.32 Å². The highest BCUT2D eigenvalue weighted by Crippen LogP contribution is 2.41. The van der Waals surface area contributed by atoms with Crippen LogP contribution in [0.25, 0.3) is 0 Å². The van der Waals surface area contributed by atoms with Crippen LogP contribution in [-0.4, -0.2) is 11.4 Å². The molecule has 1 aliphatic carbocycles. The van der Waals surface area contributed by atoms with Crippen molar-refractivity contribution in [1.82, 2.24) is 5.32 Å². The summed E-state index contributed by atoms with van der Waals surface area (Å²) in [6.07, 6.45) is 10.6. The van der Waals surface area contributed by atoms with Crippen LogP contribution in [0.15, 0.2) is 0 Å². The molecule has 0 heterocycles. The lowest BCUT2D eigenvalue weighted by molar-refractivity contribution is -0.132. The Kier molecular flexibility index (Phi) is 3.44. The van der Waals surface area contributed by atoms with E-state index in [4.69, 9.17) is 6.42 Å². The summed E-state index contributed by atoms with van der Waals surface area (Å²) in [5.41, 5.74) is -0.671. The van der Waals surface area contributed by atoms with Crippen molar-refractivity contribution in [3.05, 3.63) is 0 Å². The lowest BCUT2D eigenvalue weighted by Crippen LogP contribution is -2.49. The van der Waals surface area contributed by atoms with Gasteiger partial charge in [-0.3, -0.25) is 4.79 Å². The van der Waals surface area contributed by atoms with Gasteiger partial charge in [0, 0.05) is 5.41 Å². The molecular weight excluding hydrogens is 186 g/mol. The summed E-state index contributed by atoms with van der Waals surface area (Å²) >= 11 is 0. The van der Waals surface area contributed by atoms with E-state index in [1.807, 2.05) is 13.8 Å². The van der Waals surface area contributed by atoms with E-state index in [-0.39, 0.29) is 11.3 Å². The van der Waals surface area contributed by atoms with Gasteiger partial charge in [-0.05, 0) is 33.1 Å². The molecule has 0 aromatic heterocycles. The van der Waals surface area contributed by atoms with Crippen molar-refractivity contribution in [1.29, 1.82) is 0 Å². The summed E-state index contributed by atoms with van der Waals surface area (Å²) in [4.78, 5) is 12.2. The van der Waals surface area contributed by atoms with E-state index < -0.39 is 5.54 Å². The molecule has 0 spiro atoms. The molecule has 1 N–H and O–H groups in total. The normalized spacial score (nSPS) is 19.6. The fourth-order valence-corrected chi connectivity index (χ4v) is 2.25. The largest absolute Gasteiger partial charge is 0.340 e. The summed E-state index contributed by atoms with van der Waals surface area (Å²) in [6, 6.07) is 0. The summed E-state index contributed by atoms with van der Waals surface area (Å²) in [6.45, 7) is 5.82. The Labute approximate surface area is 92.8 Å². The predicted octanol–water partition coefficient (Wildman–Crippen LogP) is 2.48. The number of carbonyl (C=O) groups is 1. The number of nitrogens with one attached hydrogen (secondary N) is 1. The zero-order chi connectivity index (χ0) is 11.5. The van der Waals surface area contributed by atoms with E-state index in [2.05, 4.69) is 18.2 Å². The van der Waals surface area contributed by atoms with Crippen LogP contribution in [0.1, 0.15) is 52.9 Å². The van der Waals surface area contributed by atoms with Crippen LogP contribution in [0.5, 0.6) is 0 Å². The van der Waals surface area contributed by atoms with Gasteiger partial charge < -0.3 is 5.32 Å². The zero-order valence-electron chi connectivity index (χ0n) is 10.0. The van der Waals surface area contributed by atoms with Crippen LogP contribution in [0.3, 0.4) is 0 Å². The van der Waals surface area contributed by atoms with Crippen LogP contribution in [0.2, 0.25) is 0 Å². The number of rotatable bonds is 3. The van der Waals surface area contributed by atoms with Gasteiger partial charge in [0.15, 0.2) is 0 Å². The maximum atomic E-state index is 12.2. The monoisotopic (exact) mass is 207 g/mol. The topological polar surface area (TPSA) is 29.1 Å². The van der Waals surface area contributed by atoms with E-state index >= 15 is 0 Å². The van der Waals surface area contributed by atoms with Crippen molar-refractivity contribution >= 4 is 5.91 Å². The fraction of sp³-hybridized carbons (Fsp3) is 0.769. The lowest BCUT2D eigenvalue weighted by Gasteiger charge is -2.30. The first-order valence-corrected chi connectivity index (χ1v) is 5.76. The Balaban J connectivity index is 2.71. The molecule has 0 saturated heterocycles. The van der Waals surface area contributed by atoms with E-state index in [0.717, 1.165) is 32.1 Å². The molecule has 1 rings (SSSR count). The molecule has 1 fully saturated rings. The molecule has 0 aliphatic heterocycles. The summed E-state index contributed by atoms with van der Waals surface area (Å²) in [7, 11) is 0. The highest BCUT2D eigenvalue weighted by molar-refractivity contribution is 5.83. The second-order valence-electron chi connectivity index (χ2n) is 5.06. The van der Waals surface area contributed by atoms with Gasteiger partial charge in [0.1, 0.15) is 0 Å². The average Bonchev–Trinajstić information content (AvgIpc) is 2.66. The Bertz CT molecular complexity index is 279. The van der Waals surface area contributed by atoms with Gasteiger partial charge in [0.05, 0.1) is 5.54 Å². The maximum Gasteiger partial charge on any atom is 0.227 e. The van der Waals surface area contributed by atoms with Gasteiger partial charge in [-0.2, -0.15) is 0 Å². The van der Waals surface area contributed by atoms with Gasteiger partial charge in [-0.1, -0.05) is 25.7 Å². The minimum Gasteiger partial charge on any atom is -0.340 e. The highest BCUT2D eigenvalue weighted by atomic mass is 16.2. The molecular formula is C13H21NO. The fourth-order valence-electron chi connectivity index (χ4n) is 2.25. The molecule has 1 aliphatic rings. The maximum absolute atomic E-state index is 12.2. The SMILES string of the molecule is C#CC(C)(C)NC(=O)C1(CC)CCCC1. The van der Waals surface area contributed by atoms with Crippen molar-refractivity contribution in [2.24, 2.45) is 5.41 Å². The molecule has 0 radical (unpaired) electrons. The smallest absolute Gasteiger partial charge is 0.227 e. The Morgan fingerprint density at radius 3 is 2.40 bits per heavy atom. The number of terminal acetylenes is 1. The van der Waals surface area contributed by atoms with Crippen LogP contribution in [-0.2, 0) is 4.79 Å². The molecule has 0 aromatic carbocycles. The Morgan fingerprint density at radius 2 is 2.00 bits per heavy atom. The van der Waals surface area contributed by atoms with Crippen LogP contribution in [0.4, 0.5) is 0 Å². The van der Waals surface area contributed by atoms with Crippen molar-refractivity contribution in [3.8, 4) is 12.3 Å². The van der Waals surface area contributed by atoms with E-state index in [1.165, 1.54) is 0 Å². The molecule has 2 heteroatoms. The number of hydrogen-bond donors (Lipinski definition) is 1. The van der Waals surface area contributed by atoms with E-state index in [0.29, 0.717) is 0 Å². The first-order valence-electron chi connectivity index (χ1n) is 5.76. The van der Waals surface area contributed by atoms with Gasteiger partial charge in [-0.25, -0.2) is 0 Å². The minimum atomic E-state index is -0.526. The summed E-state index contributed by atoms with van der Waals surface area (Å²) in [5, 5.41) is 2.96. The van der Waals surface area contributed by atoms with Gasteiger partial charge in [-0.15, -0.1) is 6.42 Å². The molecule has 2 nitrogen and oxygen atoms in total. The predicted molar refractivity (Wildman–Crippen MR) is 62.2 cm³/mol. The molecule has 0 bridgehead atoms. The molecule has 0 unspecified atom stereocenters. The first-order chi connectivity index (χ1) is 6.96. The molecule has 1 amide bonds. The number of hydrogen-bond acceptors (Lipinski definition) is 1. The summed E-state index contributed by atoms with van der Waals surface area (Å²) in [5.74, 6) is 2.75. The molecule has 84 valence electrons. The van der Waals surface area contributed by atoms with Gasteiger partial charge >= 0.3 is 0 Å². The van der Waals surface area contributed by atoms with Gasteiger partial charge in [0.25, 0.3) is 0 Å². The van der Waals surface area contributed by atoms with Crippen molar-refractivity contribution in [2.45, 2.75) is 58.4 Å². The summed E-state index contributed by atoms with van der Waals surface area (Å²) < 4.78 is 0. The molecule has 0 aromatic rings. The van der Waals surface area contributed by atoms with Crippen molar-refractivity contribution < 1.29 is 4.79 Å². The average molecular weight is 207 g/mol. The molecule has 0 atom stereocenters. The Hall–Kier alpha value is -0.970. The van der Waals surface area contributed by atoms with Crippen LogP contribution in [0, 0.1) is 17.8 Å². The second-order valence-corrected chi connectivity index (χ2v) is 5.06. The number of amides is 1. The second kappa shape index (κ2) is 4.26. The van der Waals surface area contributed by atoms with E-state index in [1.54, 1.807) is 0 Å². The quantitative estimate of drug-likeness (QED) is 0.708. The van der Waals surface area contributed by atoms with E-state index in [9.17, 15) is 4.79 Å². The third kappa shape index (κ3) is 2.53. The zero-order valence-corrected chi connectivity index (χ0v) is 10.0. The van der Waals surface area contributed by atoms with Crippen LogP contribution >= 0.6 is 0 Å². The third-order valence-corrected chi connectivity index (χ3v) is 3.51. The highest BCUT2D eigenvalue weighted by Gasteiger charge is 2.40. The standard InChI is InChI=1S/C13H21NO/c1-5-12(3,4)14-11(15)13(6-2)9-7-8-10-13/h1H,6-10H2,2-4H3,(H,14,15). The third-order valence-electron chi connectivity index (χ3n) is 3.51. The molecule has 1 saturated carbocycles. The van der Waals surface area contributed by atoms with Gasteiger partial charge in [0.2, 0.25) is 5.91 Å². The molecule has 15 heavy (non-hydrogen) atoms. The number of carbonyl (C=O) groups excluding carboxylic acids is 1. The first kappa shape index (κ1) is 12.1. The van der Waals surface area contributed by atoms with Crippen molar-refractivity contribution in [3.63, 3.8) is 0 Å². The van der Waals surface area contributed by atoms with Crippen molar-refractivity contribution in [2.75, 3.05) is 0 Å². The Morgan fingerprint density at radius 1 is 1.47 bits per heavy atom.